The van der Waals surface area contributed by atoms with Crippen molar-refractivity contribution in [1.82, 2.24) is 9.55 Å². The minimum absolute atomic E-state index is 0. The van der Waals surface area contributed by atoms with Crippen molar-refractivity contribution >= 4 is 33.2 Å². The predicted molar refractivity (Wildman–Crippen MR) is 242 cm³/mol. The quantitative estimate of drug-likeness (QED) is 0.149. The SMILES string of the molecule is CC(C)(C)c1cccc(N2[CH-]N(c3[c-]c(Oc4[c-]c5c(cc4)c4cc(C(C)(C)C)ccc4n5-c4cc(C(C)(C)C)ccn4)ccc3)C=C2C(C)(C)c2ccccc2)c1.[Pt]. The largest absolute Gasteiger partial charge is 0.509 e. The molecule has 0 saturated carbocycles. The van der Waals surface area contributed by atoms with Crippen LogP contribution in [0.2, 0.25) is 0 Å². The van der Waals surface area contributed by atoms with E-state index >= 15 is 0 Å². The molecule has 3 heterocycles. The molecule has 5 nitrogen and oxygen atoms in total. The molecule has 0 unspecified atom stereocenters. The zero-order valence-electron chi connectivity index (χ0n) is 36.2. The number of nitrogens with zero attached hydrogens (tertiary/aromatic N) is 4. The molecule has 6 heteroatoms. The zero-order valence-corrected chi connectivity index (χ0v) is 38.5. The third kappa shape index (κ3) is 8.24. The summed E-state index contributed by atoms with van der Waals surface area (Å²) in [6.07, 6.45) is 4.14. The maximum absolute atomic E-state index is 6.64. The molecular formula is C53H55N4OPt-3. The van der Waals surface area contributed by atoms with Gasteiger partial charge in [0.15, 0.2) is 0 Å². The van der Waals surface area contributed by atoms with Gasteiger partial charge in [0.1, 0.15) is 5.82 Å². The topological polar surface area (TPSA) is 33.5 Å². The van der Waals surface area contributed by atoms with E-state index in [4.69, 9.17) is 9.72 Å². The van der Waals surface area contributed by atoms with Gasteiger partial charge in [0, 0.05) is 61.1 Å². The van der Waals surface area contributed by atoms with Gasteiger partial charge in [-0.2, -0.15) is 12.1 Å². The number of pyridine rings is 1. The van der Waals surface area contributed by atoms with E-state index in [1.807, 2.05) is 24.4 Å². The summed E-state index contributed by atoms with van der Waals surface area (Å²) in [4.78, 5) is 9.37. The summed E-state index contributed by atoms with van der Waals surface area (Å²) in [5.74, 6) is 2.08. The molecule has 8 rings (SSSR count). The molecule has 0 atom stereocenters. The fourth-order valence-electron chi connectivity index (χ4n) is 7.80. The fraction of sp³-hybridized carbons (Fsp3) is 0.283. The number of hydrogen-bond donors (Lipinski definition) is 0. The Kier molecular flexibility index (Phi) is 11.0. The minimum Gasteiger partial charge on any atom is -0.509 e. The standard InChI is InChI=1S/C53H55N4O.Pt/c1-50(2,3)37-19-15-21-41(29-37)56-35-55(34-48(56)53(10,11)36-17-13-12-14-18-36)40-20-16-22-42(32-40)58-43-24-25-44-45-30-38(51(4,5)6)23-26-46(45)57(47(44)33-43)49-31-39(27-28-54-49)52(7,8)9;/h12-31,34-35H,1-11H3;/q-3;. The summed E-state index contributed by atoms with van der Waals surface area (Å²) in [5, 5.41) is 2.28. The molecule has 5 aromatic carbocycles. The maximum atomic E-state index is 6.64. The van der Waals surface area contributed by atoms with Gasteiger partial charge in [0.05, 0.1) is 0 Å². The van der Waals surface area contributed by atoms with Crippen molar-refractivity contribution in [3.8, 4) is 17.3 Å². The van der Waals surface area contributed by atoms with Crippen LogP contribution in [-0.2, 0) is 42.7 Å². The average Bonchev–Trinajstić information content (AvgIpc) is 3.78. The normalized spacial score (nSPS) is 13.8. The van der Waals surface area contributed by atoms with Gasteiger partial charge in [-0.25, -0.2) is 4.98 Å². The van der Waals surface area contributed by atoms with Gasteiger partial charge in [-0.15, -0.1) is 48.1 Å². The van der Waals surface area contributed by atoms with Crippen molar-refractivity contribution in [3.63, 3.8) is 0 Å². The van der Waals surface area contributed by atoms with Crippen LogP contribution in [0.15, 0.2) is 133 Å². The molecule has 1 aliphatic heterocycles. The van der Waals surface area contributed by atoms with E-state index in [1.165, 1.54) is 27.6 Å². The van der Waals surface area contributed by atoms with Crippen molar-refractivity contribution in [2.75, 3.05) is 9.80 Å². The third-order valence-electron chi connectivity index (χ3n) is 11.5. The number of rotatable bonds is 7. The molecule has 0 amide bonds. The molecule has 0 bridgehead atoms. The van der Waals surface area contributed by atoms with Crippen LogP contribution in [0.25, 0.3) is 27.6 Å². The number of aromatic nitrogens is 2. The van der Waals surface area contributed by atoms with Gasteiger partial charge in [0.2, 0.25) is 0 Å². The Morgan fingerprint density at radius 3 is 1.93 bits per heavy atom. The summed E-state index contributed by atoms with van der Waals surface area (Å²) in [5.41, 5.74) is 9.91. The van der Waals surface area contributed by atoms with Crippen molar-refractivity contribution < 1.29 is 25.8 Å². The fourth-order valence-corrected chi connectivity index (χ4v) is 7.80. The second kappa shape index (κ2) is 15.5. The molecule has 0 fully saturated rings. The number of hydrogen-bond acceptors (Lipinski definition) is 4. The molecule has 2 aromatic heterocycles. The smallest absolute Gasteiger partial charge is 0.135 e. The van der Waals surface area contributed by atoms with E-state index in [0.29, 0.717) is 11.5 Å². The van der Waals surface area contributed by atoms with Crippen LogP contribution in [0.4, 0.5) is 11.4 Å². The first kappa shape index (κ1) is 42.0. The number of allylic oxidation sites excluding steroid dienone is 1. The Morgan fingerprint density at radius 1 is 0.576 bits per heavy atom. The molecule has 0 N–H and O–H groups in total. The Bertz CT molecular complexity index is 2670. The van der Waals surface area contributed by atoms with Crippen molar-refractivity contribution in [1.29, 1.82) is 0 Å². The Morgan fingerprint density at radius 2 is 1.22 bits per heavy atom. The summed E-state index contributed by atoms with van der Waals surface area (Å²) in [7, 11) is 0. The summed E-state index contributed by atoms with van der Waals surface area (Å²) in [6.45, 7) is 27.0. The van der Waals surface area contributed by atoms with Crippen molar-refractivity contribution in [2.24, 2.45) is 0 Å². The second-order valence-electron chi connectivity index (χ2n) is 19.3. The Hall–Kier alpha value is -5.12. The van der Waals surface area contributed by atoms with Gasteiger partial charge in [-0.3, -0.25) is 0 Å². The molecule has 0 saturated heterocycles. The van der Waals surface area contributed by atoms with Gasteiger partial charge < -0.3 is 19.1 Å². The Balaban J connectivity index is 0.00000528. The zero-order chi connectivity index (χ0) is 41.2. The van der Waals surface area contributed by atoms with Gasteiger partial charge >= 0.3 is 0 Å². The number of benzene rings is 5. The van der Waals surface area contributed by atoms with E-state index in [0.717, 1.165) is 39.3 Å². The molecule has 7 aromatic rings. The van der Waals surface area contributed by atoms with Crippen LogP contribution in [0.3, 0.4) is 0 Å². The summed E-state index contributed by atoms with van der Waals surface area (Å²) < 4.78 is 8.86. The molecule has 0 radical (unpaired) electrons. The van der Waals surface area contributed by atoms with Crippen LogP contribution in [0.1, 0.15) is 98.4 Å². The minimum atomic E-state index is -0.296. The first-order valence-electron chi connectivity index (χ1n) is 20.4. The third-order valence-corrected chi connectivity index (χ3v) is 11.5. The summed E-state index contributed by atoms with van der Waals surface area (Å²) in [6, 6.07) is 48.2. The number of fused-ring (bicyclic) bond motifs is 3. The van der Waals surface area contributed by atoms with E-state index in [9.17, 15) is 0 Å². The van der Waals surface area contributed by atoms with Crippen molar-refractivity contribution in [3.05, 3.63) is 174 Å². The van der Waals surface area contributed by atoms with Crippen LogP contribution >= 0.6 is 0 Å². The maximum Gasteiger partial charge on any atom is 0.135 e. The van der Waals surface area contributed by atoms with E-state index in [1.54, 1.807) is 0 Å². The second-order valence-corrected chi connectivity index (χ2v) is 19.3. The Labute approximate surface area is 366 Å². The molecule has 0 spiro atoms. The molecular weight excluding hydrogens is 904 g/mol. The van der Waals surface area contributed by atoms with E-state index < -0.39 is 0 Å². The van der Waals surface area contributed by atoms with E-state index in [-0.39, 0.29) is 42.7 Å². The first-order chi connectivity index (χ1) is 27.4. The van der Waals surface area contributed by atoms with Crippen molar-refractivity contribution in [2.45, 2.75) is 97.8 Å². The number of anilines is 2. The molecule has 306 valence electrons. The summed E-state index contributed by atoms with van der Waals surface area (Å²) >= 11 is 0. The average molecular weight is 959 g/mol. The van der Waals surface area contributed by atoms with Crippen LogP contribution in [0, 0.1) is 18.8 Å². The van der Waals surface area contributed by atoms with E-state index in [2.05, 4.69) is 213 Å². The monoisotopic (exact) mass is 958 g/mol. The van der Waals surface area contributed by atoms with Gasteiger partial charge in [-0.1, -0.05) is 136 Å². The first-order valence-corrected chi connectivity index (χ1v) is 20.4. The van der Waals surface area contributed by atoms with Gasteiger partial charge in [-0.05, 0) is 80.4 Å². The van der Waals surface area contributed by atoms with Gasteiger partial charge in [0.25, 0.3) is 0 Å². The van der Waals surface area contributed by atoms with Crippen LogP contribution < -0.4 is 14.5 Å². The van der Waals surface area contributed by atoms with Crippen LogP contribution in [0.5, 0.6) is 11.5 Å². The molecule has 0 aliphatic carbocycles. The molecule has 1 aliphatic rings. The number of ether oxygens (including phenoxy) is 1. The predicted octanol–water partition coefficient (Wildman–Crippen LogP) is 13.7. The molecule has 59 heavy (non-hydrogen) atoms. The van der Waals surface area contributed by atoms with Crippen LogP contribution in [-0.4, -0.2) is 9.55 Å².